The van der Waals surface area contributed by atoms with E-state index in [1.165, 1.54) is 11.8 Å². The summed E-state index contributed by atoms with van der Waals surface area (Å²) in [6, 6.07) is 7.69. The quantitative estimate of drug-likeness (QED) is 0.794. The van der Waals surface area contributed by atoms with Gasteiger partial charge in [-0.15, -0.1) is 0 Å². The number of rotatable bonds is 3. The van der Waals surface area contributed by atoms with Crippen molar-refractivity contribution < 1.29 is 4.42 Å². The molecule has 2 heterocycles. The summed E-state index contributed by atoms with van der Waals surface area (Å²) < 4.78 is 7.56. The maximum Gasteiger partial charge on any atom is 0.263 e. The molecule has 5 nitrogen and oxygen atoms in total. The number of hydrogen-bond acceptors (Lipinski definition) is 5. The molecule has 3 aromatic rings. The van der Waals surface area contributed by atoms with Crippen LogP contribution < -0.4 is 5.73 Å². The maximum atomic E-state index is 6.05. The Kier molecular flexibility index (Phi) is 2.94. The summed E-state index contributed by atoms with van der Waals surface area (Å²) in [7, 11) is 0. The minimum absolute atomic E-state index is 0.586. The van der Waals surface area contributed by atoms with Gasteiger partial charge >= 0.3 is 0 Å². The van der Waals surface area contributed by atoms with E-state index in [2.05, 4.69) is 10.1 Å². The molecule has 98 valence electrons. The van der Waals surface area contributed by atoms with Gasteiger partial charge in [-0.05, 0) is 37.7 Å². The molecule has 0 saturated heterocycles. The first kappa shape index (κ1) is 12.1. The van der Waals surface area contributed by atoms with Crippen molar-refractivity contribution in [2.45, 2.75) is 30.6 Å². The molecule has 19 heavy (non-hydrogen) atoms. The molecule has 0 radical (unpaired) electrons. The van der Waals surface area contributed by atoms with Crippen LogP contribution in [0.25, 0.3) is 11.1 Å². The van der Waals surface area contributed by atoms with Crippen molar-refractivity contribution >= 4 is 28.5 Å². The largest absolute Gasteiger partial charge is 0.431 e. The number of hydrogen-bond donors (Lipinski definition) is 1. The highest BCUT2D eigenvalue weighted by molar-refractivity contribution is 7.99. The molecule has 0 aliphatic heterocycles. The molecule has 0 aliphatic rings. The fraction of sp³-hybridized carbons (Fsp3) is 0.231. The summed E-state index contributed by atoms with van der Waals surface area (Å²) in [5.74, 6) is 0. The van der Waals surface area contributed by atoms with E-state index in [4.69, 9.17) is 10.2 Å². The zero-order valence-electron chi connectivity index (χ0n) is 10.8. The lowest BCUT2D eigenvalue weighted by molar-refractivity contribution is 0.487. The van der Waals surface area contributed by atoms with Crippen molar-refractivity contribution in [3.63, 3.8) is 0 Å². The van der Waals surface area contributed by atoms with Gasteiger partial charge in [-0.1, -0.05) is 12.1 Å². The van der Waals surface area contributed by atoms with Crippen molar-refractivity contribution in [3.05, 3.63) is 30.0 Å². The minimum atomic E-state index is 0.586. The Balaban J connectivity index is 2.00. The molecule has 3 rings (SSSR count). The number of nitrogens with zero attached hydrogens (tertiary/aromatic N) is 3. The van der Waals surface area contributed by atoms with Gasteiger partial charge in [0, 0.05) is 6.54 Å². The van der Waals surface area contributed by atoms with E-state index in [-0.39, 0.29) is 0 Å². The van der Waals surface area contributed by atoms with Crippen LogP contribution in [0.2, 0.25) is 0 Å². The number of nitrogen functional groups attached to an aromatic ring is 1. The fourth-order valence-electron chi connectivity index (χ4n) is 1.87. The number of benzene rings is 1. The third-order valence-corrected chi connectivity index (χ3v) is 3.86. The number of para-hydroxylation sites is 2. The molecule has 0 bridgehead atoms. The smallest absolute Gasteiger partial charge is 0.263 e. The molecule has 0 spiro atoms. The summed E-state index contributed by atoms with van der Waals surface area (Å²) >= 11 is 1.41. The van der Waals surface area contributed by atoms with Gasteiger partial charge in [0.15, 0.2) is 5.58 Å². The second kappa shape index (κ2) is 4.62. The molecule has 2 N–H and O–H groups in total. The van der Waals surface area contributed by atoms with Crippen LogP contribution in [-0.2, 0) is 6.54 Å². The first-order chi connectivity index (χ1) is 9.19. The molecule has 6 heteroatoms. The molecular formula is C13H14N4OS. The van der Waals surface area contributed by atoms with Crippen LogP contribution in [0, 0.1) is 6.92 Å². The lowest BCUT2D eigenvalue weighted by Gasteiger charge is -2.01. The first-order valence-electron chi connectivity index (χ1n) is 6.05. The van der Waals surface area contributed by atoms with Gasteiger partial charge in [0.25, 0.3) is 5.22 Å². The molecular weight excluding hydrogens is 260 g/mol. The topological polar surface area (TPSA) is 69.9 Å². The zero-order valence-corrected chi connectivity index (χ0v) is 11.6. The standard InChI is InChI=1S/C13H14N4OS/c1-3-17-12(11(14)8(2)16-17)19-13-15-9-6-4-5-7-10(9)18-13/h4-7H,3,14H2,1-2H3. The van der Waals surface area contributed by atoms with Gasteiger partial charge in [0.05, 0.1) is 11.4 Å². The van der Waals surface area contributed by atoms with Crippen molar-refractivity contribution in [1.82, 2.24) is 14.8 Å². The molecule has 0 saturated carbocycles. The number of anilines is 1. The van der Waals surface area contributed by atoms with Gasteiger partial charge < -0.3 is 10.2 Å². The zero-order chi connectivity index (χ0) is 13.4. The van der Waals surface area contributed by atoms with Crippen LogP contribution in [-0.4, -0.2) is 14.8 Å². The Bertz CT molecular complexity index is 698. The highest BCUT2D eigenvalue weighted by Crippen LogP contribution is 2.34. The minimum Gasteiger partial charge on any atom is -0.431 e. The van der Waals surface area contributed by atoms with Gasteiger partial charge in [-0.2, -0.15) is 5.10 Å². The van der Waals surface area contributed by atoms with Crippen molar-refractivity contribution in [2.24, 2.45) is 0 Å². The highest BCUT2D eigenvalue weighted by atomic mass is 32.2. The number of fused-ring (bicyclic) bond motifs is 1. The van der Waals surface area contributed by atoms with E-state index in [0.717, 1.165) is 28.4 Å². The SMILES string of the molecule is CCn1nc(C)c(N)c1Sc1nc2ccccc2o1. The van der Waals surface area contributed by atoms with Gasteiger partial charge in [0.1, 0.15) is 10.5 Å². The highest BCUT2D eigenvalue weighted by Gasteiger charge is 2.16. The first-order valence-corrected chi connectivity index (χ1v) is 6.87. The molecule has 0 fully saturated rings. The van der Waals surface area contributed by atoms with Crippen molar-refractivity contribution in [1.29, 1.82) is 0 Å². The average molecular weight is 274 g/mol. The number of oxazole rings is 1. The molecule has 0 atom stereocenters. The predicted octanol–water partition coefficient (Wildman–Crippen LogP) is 3.09. The second-order valence-electron chi connectivity index (χ2n) is 4.17. The van der Waals surface area contributed by atoms with Gasteiger partial charge in [-0.25, -0.2) is 4.98 Å². The summed E-state index contributed by atoms with van der Waals surface area (Å²) in [5.41, 5.74) is 9.20. The van der Waals surface area contributed by atoms with Crippen LogP contribution in [0.1, 0.15) is 12.6 Å². The molecule has 2 aromatic heterocycles. The second-order valence-corrected chi connectivity index (χ2v) is 5.11. The Morgan fingerprint density at radius 3 is 2.89 bits per heavy atom. The Morgan fingerprint density at radius 1 is 1.37 bits per heavy atom. The fourth-order valence-corrected chi connectivity index (χ4v) is 2.85. The van der Waals surface area contributed by atoms with Crippen LogP contribution in [0.3, 0.4) is 0 Å². The lowest BCUT2D eigenvalue weighted by atomic mass is 10.3. The van der Waals surface area contributed by atoms with Crippen LogP contribution >= 0.6 is 11.8 Å². The van der Waals surface area contributed by atoms with E-state index in [1.54, 1.807) is 0 Å². The third kappa shape index (κ3) is 2.08. The van der Waals surface area contributed by atoms with E-state index >= 15 is 0 Å². The van der Waals surface area contributed by atoms with Crippen molar-refractivity contribution in [2.75, 3.05) is 5.73 Å². The monoisotopic (exact) mass is 274 g/mol. The Hall–Kier alpha value is -1.95. The summed E-state index contributed by atoms with van der Waals surface area (Å²) in [4.78, 5) is 4.43. The van der Waals surface area contributed by atoms with Crippen LogP contribution in [0.15, 0.2) is 38.9 Å². The van der Waals surface area contributed by atoms with E-state index in [9.17, 15) is 0 Å². The summed E-state index contributed by atoms with van der Waals surface area (Å²) in [6.07, 6.45) is 0. The number of aryl methyl sites for hydroxylation is 2. The van der Waals surface area contributed by atoms with Crippen molar-refractivity contribution in [3.8, 4) is 0 Å². The van der Waals surface area contributed by atoms with E-state index in [0.29, 0.717) is 10.9 Å². The predicted molar refractivity (Wildman–Crippen MR) is 75.2 cm³/mol. The Labute approximate surface area is 114 Å². The molecule has 0 unspecified atom stereocenters. The Morgan fingerprint density at radius 2 is 2.16 bits per heavy atom. The number of aromatic nitrogens is 3. The lowest BCUT2D eigenvalue weighted by Crippen LogP contribution is -1.98. The van der Waals surface area contributed by atoms with Gasteiger partial charge in [-0.3, -0.25) is 4.68 Å². The average Bonchev–Trinajstić information content (AvgIpc) is 2.94. The van der Waals surface area contributed by atoms with Crippen LogP contribution in [0.4, 0.5) is 5.69 Å². The summed E-state index contributed by atoms with van der Waals surface area (Å²) in [5, 5.41) is 5.85. The normalized spacial score (nSPS) is 11.3. The van der Waals surface area contributed by atoms with E-state index < -0.39 is 0 Å². The van der Waals surface area contributed by atoms with Gasteiger partial charge in [0.2, 0.25) is 0 Å². The molecule has 0 amide bonds. The molecule has 0 aliphatic carbocycles. The maximum absolute atomic E-state index is 6.05. The van der Waals surface area contributed by atoms with Crippen LogP contribution in [0.5, 0.6) is 0 Å². The molecule has 1 aromatic carbocycles. The van der Waals surface area contributed by atoms with E-state index in [1.807, 2.05) is 42.8 Å². The third-order valence-electron chi connectivity index (χ3n) is 2.88. The number of nitrogens with two attached hydrogens (primary N) is 1. The summed E-state index contributed by atoms with van der Waals surface area (Å²) in [6.45, 7) is 4.69.